The van der Waals surface area contributed by atoms with Crippen molar-refractivity contribution in [2.75, 3.05) is 13.1 Å². The zero-order valence-corrected chi connectivity index (χ0v) is 9.72. The molecule has 0 aliphatic carbocycles. The lowest BCUT2D eigenvalue weighted by Crippen LogP contribution is -2.20. The summed E-state index contributed by atoms with van der Waals surface area (Å²) in [6.45, 7) is 2.02. The molecular formula is C13H14ClNO. The number of hydrogen-bond donors (Lipinski definition) is 1. The Kier molecular flexibility index (Phi) is 3.32. The number of halogens is 1. The van der Waals surface area contributed by atoms with E-state index in [1.54, 1.807) is 6.26 Å². The molecule has 2 aromatic rings. The maximum atomic E-state index is 5.54. The lowest BCUT2D eigenvalue weighted by Gasteiger charge is -2.14. The predicted molar refractivity (Wildman–Crippen MR) is 68.9 cm³/mol. The first-order chi connectivity index (χ1) is 7.45. The van der Waals surface area contributed by atoms with Crippen molar-refractivity contribution in [2.24, 2.45) is 0 Å². The maximum Gasteiger partial charge on any atom is 0.141 e. The van der Waals surface area contributed by atoms with Crippen LogP contribution in [0.5, 0.6) is 0 Å². The van der Waals surface area contributed by atoms with Crippen molar-refractivity contribution < 1.29 is 4.42 Å². The highest BCUT2D eigenvalue weighted by Gasteiger charge is 2.10. The molecule has 0 radical (unpaired) electrons. The number of furan rings is 1. The van der Waals surface area contributed by atoms with Gasteiger partial charge in [0, 0.05) is 17.5 Å². The van der Waals surface area contributed by atoms with Crippen LogP contribution in [0.2, 0.25) is 0 Å². The molecule has 16 heavy (non-hydrogen) atoms. The molecule has 0 bridgehead atoms. The normalized spacial score (nSPS) is 15.6. The second-order valence-electron chi connectivity index (χ2n) is 3.83. The molecule has 0 spiro atoms. The van der Waals surface area contributed by atoms with Gasteiger partial charge in [0.05, 0.1) is 6.26 Å². The molecule has 1 aromatic carbocycles. The Morgan fingerprint density at radius 1 is 1.19 bits per heavy atom. The number of para-hydroxylation sites is 1. The van der Waals surface area contributed by atoms with Crippen LogP contribution >= 0.6 is 12.4 Å². The third-order valence-electron chi connectivity index (χ3n) is 2.89. The number of fused-ring (bicyclic) bond motifs is 1. The first kappa shape index (κ1) is 11.2. The standard InChI is InChI=1S/C13H13NO.ClH/c1-2-11-6-9-15-13(11)12(3-1)10-4-7-14-8-5-10;/h1-4,6,9,14H,5,7-8H2;1H. The Morgan fingerprint density at radius 3 is 2.94 bits per heavy atom. The Morgan fingerprint density at radius 2 is 2.12 bits per heavy atom. The van der Waals surface area contributed by atoms with Crippen molar-refractivity contribution in [3.8, 4) is 0 Å². The van der Waals surface area contributed by atoms with Gasteiger partial charge in [-0.2, -0.15) is 0 Å². The average Bonchev–Trinajstić information content (AvgIpc) is 2.78. The molecule has 1 N–H and O–H groups in total. The smallest absolute Gasteiger partial charge is 0.141 e. The van der Waals surface area contributed by atoms with Gasteiger partial charge in [-0.3, -0.25) is 0 Å². The number of rotatable bonds is 1. The van der Waals surface area contributed by atoms with Gasteiger partial charge in [-0.1, -0.05) is 24.3 Å². The van der Waals surface area contributed by atoms with Crippen molar-refractivity contribution in [1.82, 2.24) is 5.32 Å². The van der Waals surface area contributed by atoms with Gasteiger partial charge < -0.3 is 9.73 Å². The molecule has 0 atom stereocenters. The van der Waals surface area contributed by atoms with Crippen LogP contribution in [0.25, 0.3) is 16.5 Å². The zero-order chi connectivity index (χ0) is 10.1. The van der Waals surface area contributed by atoms with E-state index < -0.39 is 0 Å². The molecule has 1 aromatic heterocycles. The highest BCUT2D eigenvalue weighted by Crippen LogP contribution is 2.28. The van der Waals surface area contributed by atoms with Crippen LogP contribution in [0.3, 0.4) is 0 Å². The molecule has 1 aliphatic rings. The van der Waals surface area contributed by atoms with Crippen molar-refractivity contribution >= 4 is 28.9 Å². The Balaban J connectivity index is 0.000000963. The van der Waals surface area contributed by atoms with Crippen molar-refractivity contribution in [2.45, 2.75) is 6.42 Å². The second kappa shape index (κ2) is 4.73. The van der Waals surface area contributed by atoms with Gasteiger partial charge in [-0.25, -0.2) is 0 Å². The van der Waals surface area contributed by atoms with E-state index in [1.807, 2.05) is 6.07 Å². The number of hydrogen-bond acceptors (Lipinski definition) is 2. The van der Waals surface area contributed by atoms with Crippen LogP contribution in [0.4, 0.5) is 0 Å². The third kappa shape index (κ3) is 1.86. The quantitative estimate of drug-likeness (QED) is 0.821. The van der Waals surface area contributed by atoms with E-state index in [0.29, 0.717) is 0 Å². The molecular weight excluding hydrogens is 222 g/mol. The summed E-state index contributed by atoms with van der Waals surface area (Å²) in [4.78, 5) is 0. The van der Waals surface area contributed by atoms with Gasteiger partial charge >= 0.3 is 0 Å². The van der Waals surface area contributed by atoms with Crippen LogP contribution in [0.15, 0.2) is 41.0 Å². The fourth-order valence-corrected chi connectivity index (χ4v) is 2.11. The molecule has 3 heteroatoms. The van der Waals surface area contributed by atoms with Gasteiger partial charge in [-0.15, -0.1) is 12.4 Å². The molecule has 0 saturated heterocycles. The highest BCUT2D eigenvalue weighted by molar-refractivity contribution is 5.89. The van der Waals surface area contributed by atoms with E-state index in [1.165, 1.54) is 16.5 Å². The summed E-state index contributed by atoms with van der Waals surface area (Å²) in [6.07, 6.45) is 5.09. The molecule has 84 valence electrons. The first-order valence-electron chi connectivity index (χ1n) is 5.31. The lowest BCUT2D eigenvalue weighted by molar-refractivity contribution is 0.614. The van der Waals surface area contributed by atoms with E-state index in [-0.39, 0.29) is 12.4 Å². The second-order valence-corrected chi connectivity index (χ2v) is 3.83. The minimum Gasteiger partial charge on any atom is -0.464 e. The summed E-state index contributed by atoms with van der Waals surface area (Å²) in [5.74, 6) is 0. The molecule has 1 aliphatic heterocycles. The third-order valence-corrected chi connectivity index (χ3v) is 2.89. The highest BCUT2D eigenvalue weighted by atomic mass is 35.5. The summed E-state index contributed by atoms with van der Waals surface area (Å²) in [5.41, 5.74) is 3.67. The molecule has 0 unspecified atom stereocenters. The largest absolute Gasteiger partial charge is 0.464 e. The Labute approximate surface area is 101 Å². The Bertz CT molecular complexity index is 515. The van der Waals surface area contributed by atoms with E-state index >= 15 is 0 Å². The predicted octanol–water partition coefficient (Wildman–Crippen LogP) is 3.23. The fraction of sp³-hybridized carbons (Fsp3) is 0.231. The van der Waals surface area contributed by atoms with Crippen LogP contribution < -0.4 is 5.32 Å². The molecule has 0 amide bonds. The molecule has 2 nitrogen and oxygen atoms in total. The van der Waals surface area contributed by atoms with Crippen molar-refractivity contribution in [3.63, 3.8) is 0 Å². The van der Waals surface area contributed by atoms with E-state index in [0.717, 1.165) is 25.1 Å². The van der Waals surface area contributed by atoms with Crippen molar-refractivity contribution in [3.05, 3.63) is 42.2 Å². The number of nitrogens with one attached hydrogen (secondary N) is 1. The molecule has 0 saturated carbocycles. The van der Waals surface area contributed by atoms with E-state index in [4.69, 9.17) is 4.42 Å². The summed E-state index contributed by atoms with van der Waals surface area (Å²) < 4.78 is 5.54. The summed E-state index contributed by atoms with van der Waals surface area (Å²) in [6, 6.07) is 8.34. The topological polar surface area (TPSA) is 25.2 Å². The number of benzene rings is 1. The molecule has 3 rings (SSSR count). The van der Waals surface area contributed by atoms with E-state index in [9.17, 15) is 0 Å². The SMILES string of the molecule is C1=C(c2cccc3ccoc23)CCNC1.Cl. The minimum absolute atomic E-state index is 0. The summed E-state index contributed by atoms with van der Waals surface area (Å²) in [7, 11) is 0. The van der Waals surface area contributed by atoms with Crippen LogP contribution in [-0.4, -0.2) is 13.1 Å². The van der Waals surface area contributed by atoms with Crippen molar-refractivity contribution in [1.29, 1.82) is 0 Å². The van der Waals surface area contributed by atoms with Gasteiger partial charge in [-0.05, 0) is 24.6 Å². The van der Waals surface area contributed by atoms with Gasteiger partial charge in [0.25, 0.3) is 0 Å². The Hall–Kier alpha value is -1.25. The molecule has 0 fully saturated rings. The van der Waals surface area contributed by atoms with Crippen LogP contribution in [-0.2, 0) is 0 Å². The van der Waals surface area contributed by atoms with E-state index in [2.05, 4.69) is 29.6 Å². The van der Waals surface area contributed by atoms with Crippen LogP contribution in [0, 0.1) is 0 Å². The monoisotopic (exact) mass is 235 g/mol. The summed E-state index contributed by atoms with van der Waals surface area (Å²) in [5, 5.41) is 4.51. The minimum atomic E-state index is 0. The summed E-state index contributed by atoms with van der Waals surface area (Å²) >= 11 is 0. The van der Waals surface area contributed by atoms with Gasteiger partial charge in [0.15, 0.2) is 0 Å². The zero-order valence-electron chi connectivity index (χ0n) is 8.90. The van der Waals surface area contributed by atoms with Gasteiger partial charge in [0.2, 0.25) is 0 Å². The van der Waals surface area contributed by atoms with Gasteiger partial charge in [0.1, 0.15) is 5.58 Å². The lowest BCUT2D eigenvalue weighted by atomic mass is 9.99. The molecule has 2 heterocycles. The average molecular weight is 236 g/mol. The first-order valence-corrected chi connectivity index (χ1v) is 5.31. The van der Waals surface area contributed by atoms with Crippen LogP contribution in [0.1, 0.15) is 12.0 Å². The fourth-order valence-electron chi connectivity index (χ4n) is 2.11. The maximum absolute atomic E-state index is 5.54.